The molecule has 0 radical (unpaired) electrons. The zero-order chi connectivity index (χ0) is 13.5. The Bertz CT molecular complexity index is 628. The average Bonchev–Trinajstić information content (AvgIpc) is 2.91. The molecule has 2 atom stereocenters. The normalized spacial score (nSPS) is 23.6. The van der Waals surface area contributed by atoms with Crippen molar-refractivity contribution in [3.63, 3.8) is 0 Å². The standard InChI is InChI=1S/C18H21NO/c1-12-9-17(12)18-8-7-16(20-18)11-19-15-6-5-13-3-2-4-14(13)10-15/h5-8,10,12,17,19H,2-4,9,11H2,1H3. The van der Waals surface area contributed by atoms with Gasteiger partial charge in [0, 0.05) is 11.6 Å². The first kappa shape index (κ1) is 12.1. The second-order valence-electron chi connectivity index (χ2n) is 6.31. The summed E-state index contributed by atoms with van der Waals surface area (Å²) in [5.74, 6) is 3.69. The lowest BCUT2D eigenvalue weighted by molar-refractivity contribution is 0.468. The second-order valence-corrected chi connectivity index (χ2v) is 6.31. The van der Waals surface area contributed by atoms with E-state index >= 15 is 0 Å². The van der Waals surface area contributed by atoms with Crippen LogP contribution < -0.4 is 5.32 Å². The van der Waals surface area contributed by atoms with Crippen molar-refractivity contribution < 1.29 is 4.42 Å². The average molecular weight is 267 g/mol. The first-order chi connectivity index (χ1) is 9.79. The highest BCUT2D eigenvalue weighted by molar-refractivity contribution is 5.50. The minimum Gasteiger partial charge on any atom is -0.464 e. The number of anilines is 1. The van der Waals surface area contributed by atoms with E-state index in [1.807, 2.05) is 0 Å². The number of hydrogen-bond acceptors (Lipinski definition) is 2. The summed E-state index contributed by atoms with van der Waals surface area (Å²) in [4.78, 5) is 0. The molecule has 1 heterocycles. The Morgan fingerprint density at radius 3 is 2.85 bits per heavy atom. The SMILES string of the molecule is CC1CC1c1ccc(CNc2ccc3c(c2)CCC3)o1. The number of fused-ring (bicyclic) bond motifs is 1. The first-order valence-electron chi connectivity index (χ1n) is 7.74. The second kappa shape index (κ2) is 4.69. The van der Waals surface area contributed by atoms with Gasteiger partial charge in [0.25, 0.3) is 0 Å². The van der Waals surface area contributed by atoms with E-state index in [0.29, 0.717) is 5.92 Å². The lowest BCUT2D eigenvalue weighted by Gasteiger charge is -2.07. The molecule has 1 aromatic heterocycles. The van der Waals surface area contributed by atoms with E-state index in [4.69, 9.17) is 4.42 Å². The molecular formula is C18H21NO. The molecule has 2 aliphatic carbocycles. The van der Waals surface area contributed by atoms with E-state index in [-0.39, 0.29) is 0 Å². The number of benzene rings is 1. The topological polar surface area (TPSA) is 25.2 Å². The van der Waals surface area contributed by atoms with Crippen LogP contribution in [0.4, 0.5) is 5.69 Å². The summed E-state index contributed by atoms with van der Waals surface area (Å²) in [7, 11) is 0. The van der Waals surface area contributed by atoms with Crippen molar-refractivity contribution in [3.8, 4) is 0 Å². The Hall–Kier alpha value is -1.70. The number of hydrogen-bond donors (Lipinski definition) is 1. The van der Waals surface area contributed by atoms with Crippen LogP contribution in [0.15, 0.2) is 34.7 Å². The molecule has 0 saturated heterocycles. The Labute approximate surface area is 120 Å². The number of aryl methyl sites for hydroxylation is 2. The fourth-order valence-electron chi connectivity index (χ4n) is 3.28. The summed E-state index contributed by atoms with van der Waals surface area (Å²) in [5, 5.41) is 3.48. The van der Waals surface area contributed by atoms with Crippen LogP contribution in [0.1, 0.15) is 48.3 Å². The molecular weight excluding hydrogens is 246 g/mol. The summed E-state index contributed by atoms with van der Waals surface area (Å²) in [6.45, 7) is 3.07. The van der Waals surface area contributed by atoms with E-state index in [1.54, 1.807) is 0 Å². The van der Waals surface area contributed by atoms with Crippen molar-refractivity contribution in [2.75, 3.05) is 5.32 Å². The van der Waals surface area contributed by atoms with Crippen LogP contribution in [-0.4, -0.2) is 0 Å². The van der Waals surface area contributed by atoms with Gasteiger partial charge in [-0.2, -0.15) is 0 Å². The van der Waals surface area contributed by atoms with E-state index in [9.17, 15) is 0 Å². The third-order valence-electron chi connectivity index (χ3n) is 4.72. The van der Waals surface area contributed by atoms with E-state index < -0.39 is 0 Å². The van der Waals surface area contributed by atoms with Gasteiger partial charge in [-0.3, -0.25) is 0 Å². The minimum atomic E-state index is 0.670. The van der Waals surface area contributed by atoms with E-state index in [1.165, 1.54) is 48.3 Å². The highest BCUT2D eigenvalue weighted by Gasteiger charge is 2.36. The zero-order valence-electron chi connectivity index (χ0n) is 12.0. The Morgan fingerprint density at radius 1 is 1.15 bits per heavy atom. The molecule has 1 aromatic carbocycles. The third kappa shape index (κ3) is 2.24. The van der Waals surface area contributed by atoms with E-state index in [2.05, 4.69) is 42.6 Å². The van der Waals surface area contributed by atoms with Crippen molar-refractivity contribution in [3.05, 3.63) is 53.0 Å². The predicted molar refractivity (Wildman–Crippen MR) is 81.0 cm³/mol. The molecule has 0 spiro atoms. The first-order valence-corrected chi connectivity index (χ1v) is 7.74. The van der Waals surface area contributed by atoms with Gasteiger partial charge < -0.3 is 9.73 Å². The Kier molecular flexibility index (Phi) is 2.83. The van der Waals surface area contributed by atoms with Crippen molar-refractivity contribution in [1.29, 1.82) is 0 Å². The zero-order valence-corrected chi connectivity index (χ0v) is 12.0. The fourth-order valence-corrected chi connectivity index (χ4v) is 3.28. The van der Waals surface area contributed by atoms with Crippen molar-refractivity contribution in [1.82, 2.24) is 0 Å². The van der Waals surface area contributed by atoms with Crippen molar-refractivity contribution in [2.45, 2.75) is 45.1 Å². The molecule has 1 saturated carbocycles. The summed E-state index contributed by atoms with van der Waals surface area (Å²) < 4.78 is 5.93. The maximum Gasteiger partial charge on any atom is 0.123 e. The van der Waals surface area contributed by atoms with E-state index in [0.717, 1.165) is 18.2 Å². The predicted octanol–water partition coefficient (Wildman–Crippen LogP) is 4.50. The monoisotopic (exact) mass is 267 g/mol. The molecule has 2 nitrogen and oxygen atoms in total. The van der Waals surface area contributed by atoms with Crippen LogP contribution >= 0.6 is 0 Å². The largest absolute Gasteiger partial charge is 0.464 e. The molecule has 0 amide bonds. The highest BCUT2D eigenvalue weighted by Crippen LogP contribution is 2.47. The van der Waals surface area contributed by atoms with Gasteiger partial charge in [-0.15, -0.1) is 0 Å². The van der Waals surface area contributed by atoms with Crippen LogP contribution in [0.25, 0.3) is 0 Å². The van der Waals surface area contributed by atoms with Crippen LogP contribution in [0.2, 0.25) is 0 Å². The van der Waals surface area contributed by atoms with Gasteiger partial charge in [-0.05, 0) is 67.0 Å². The van der Waals surface area contributed by atoms with Gasteiger partial charge in [-0.1, -0.05) is 13.0 Å². The van der Waals surface area contributed by atoms with Crippen LogP contribution in [0, 0.1) is 5.92 Å². The smallest absolute Gasteiger partial charge is 0.123 e. The lowest BCUT2D eigenvalue weighted by atomic mass is 10.1. The minimum absolute atomic E-state index is 0.670. The third-order valence-corrected chi connectivity index (χ3v) is 4.72. The highest BCUT2D eigenvalue weighted by atomic mass is 16.3. The molecule has 2 aromatic rings. The van der Waals surface area contributed by atoms with Gasteiger partial charge in [0.1, 0.15) is 11.5 Å². The molecule has 4 rings (SSSR count). The Morgan fingerprint density at radius 2 is 2.00 bits per heavy atom. The van der Waals surface area contributed by atoms with Gasteiger partial charge in [-0.25, -0.2) is 0 Å². The number of rotatable bonds is 4. The molecule has 20 heavy (non-hydrogen) atoms. The maximum absolute atomic E-state index is 5.93. The van der Waals surface area contributed by atoms with Crippen molar-refractivity contribution >= 4 is 5.69 Å². The van der Waals surface area contributed by atoms with Crippen LogP contribution in [0.3, 0.4) is 0 Å². The molecule has 2 unspecified atom stereocenters. The Balaban J connectivity index is 1.41. The van der Waals surface area contributed by atoms with Crippen molar-refractivity contribution in [2.24, 2.45) is 5.92 Å². The quantitative estimate of drug-likeness (QED) is 0.882. The van der Waals surface area contributed by atoms with Gasteiger partial charge >= 0.3 is 0 Å². The molecule has 0 bridgehead atoms. The molecule has 1 fully saturated rings. The molecule has 104 valence electrons. The summed E-state index contributed by atoms with van der Waals surface area (Å²) >= 11 is 0. The number of nitrogens with one attached hydrogen (secondary N) is 1. The summed E-state index contributed by atoms with van der Waals surface area (Å²) in [6.07, 6.45) is 5.07. The summed E-state index contributed by atoms with van der Waals surface area (Å²) in [6, 6.07) is 11.0. The van der Waals surface area contributed by atoms with Gasteiger partial charge in [0.05, 0.1) is 6.54 Å². The van der Waals surface area contributed by atoms with Gasteiger partial charge in [0.15, 0.2) is 0 Å². The fraction of sp³-hybridized carbons (Fsp3) is 0.444. The number of furan rings is 1. The van der Waals surface area contributed by atoms with Crippen LogP contribution in [-0.2, 0) is 19.4 Å². The molecule has 2 aliphatic rings. The molecule has 1 N–H and O–H groups in total. The summed E-state index contributed by atoms with van der Waals surface area (Å²) in [5.41, 5.74) is 4.25. The molecule has 2 heteroatoms. The van der Waals surface area contributed by atoms with Crippen LogP contribution in [0.5, 0.6) is 0 Å². The maximum atomic E-state index is 5.93. The lowest BCUT2D eigenvalue weighted by Crippen LogP contribution is -1.98. The van der Waals surface area contributed by atoms with Gasteiger partial charge in [0.2, 0.25) is 0 Å². The molecule has 0 aliphatic heterocycles.